The fourth-order valence-electron chi connectivity index (χ4n) is 2.63. The molecule has 2 aromatic rings. The zero-order chi connectivity index (χ0) is 23.0. The summed E-state index contributed by atoms with van der Waals surface area (Å²) in [6.07, 6.45) is 0.124. The largest absolute Gasteiger partial charge is 0.383 e. The van der Waals surface area contributed by atoms with Gasteiger partial charge in [-0.15, -0.1) is 11.3 Å². The molecule has 1 aromatic heterocycles. The summed E-state index contributed by atoms with van der Waals surface area (Å²) in [5.41, 5.74) is 0.664. The van der Waals surface area contributed by atoms with Gasteiger partial charge in [0.2, 0.25) is 11.8 Å². The number of nitrogens with one attached hydrogen (secondary N) is 2. The van der Waals surface area contributed by atoms with Crippen LogP contribution in [0, 0.1) is 0 Å². The molecule has 0 aliphatic carbocycles. The number of nitrogens with zero attached hydrogens (tertiary/aromatic N) is 2. The molecule has 0 saturated heterocycles. The van der Waals surface area contributed by atoms with Gasteiger partial charge in [0.15, 0.2) is 5.13 Å². The number of halogens is 1. The zero-order valence-corrected chi connectivity index (χ0v) is 19.6. The molecule has 168 valence electrons. The van der Waals surface area contributed by atoms with Crippen molar-refractivity contribution in [2.45, 2.75) is 32.7 Å². The number of hydrogen-bond acceptors (Lipinski definition) is 6. The van der Waals surface area contributed by atoms with Crippen molar-refractivity contribution in [3.63, 3.8) is 0 Å². The fourth-order valence-corrected chi connectivity index (χ4v) is 3.49. The maximum Gasteiger partial charge on any atom is 0.254 e. The van der Waals surface area contributed by atoms with E-state index in [2.05, 4.69) is 15.6 Å². The third-order valence-electron chi connectivity index (χ3n) is 3.93. The Labute approximate surface area is 190 Å². The van der Waals surface area contributed by atoms with E-state index in [-0.39, 0.29) is 43.5 Å². The van der Waals surface area contributed by atoms with Crippen molar-refractivity contribution in [2.24, 2.45) is 0 Å². The Balaban J connectivity index is 1.98. The van der Waals surface area contributed by atoms with Gasteiger partial charge >= 0.3 is 0 Å². The molecular weight excluding hydrogens is 440 g/mol. The number of ether oxygens (including phenoxy) is 1. The molecule has 0 bridgehead atoms. The van der Waals surface area contributed by atoms with E-state index in [1.165, 1.54) is 23.3 Å². The number of rotatable bonds is 9. The summed E-state index contributed by atoms with van der Waals surface area (Å²) in [7, 11) is 1.53. The van der Waals surface area contributed by atoms with Crippen LogP contribution in [0.15, 0.2) is 29.6 Å². The maximum absolute atomic E-state index is 12.8. The van der Waals surface area contributed by atoms with Gasteiger partial charge in [-0.05, 0) is 45.0 Å². The number of benzene rings is 1. The Kier molecular flexibility index (Phi) is 8.97. The second-order valence-electron chi connectivity index (χ2n) is 7.89. The Hall–Kier alpha value is -2.49. The number of aromatic nitrogens is 1. The number of anilines is 1. The average Bonchev–Trinajstić information content (AvgIpc) is 3.10. The second-order valence-corrected chi connectivity index (χ2v) is 9.19. The summed E-state index contributed by atoms with van der Waals surface area (Å²) < 4.78 is 5.06. The lowest BCUT2D eigenvalue weighted by Crippen LogP contribution is -2.41. The summed E-state index contributed by atoms with van der Waals surface area (Å²) in [4.78, 5) is 43.0. The van der Waals surface area contributed by atoms with Gasteiger partial charge in [-0.2, -0.15) is 0 Å². The standard InChI is InChI=1S/C21H27ClN4O4S/c1-21(2,3)25-17(27)11-16-13-31-20(23-16)24-18(28)12-26(9-10-30-4)19(29)14-5-7-15(22)8-6-14/h5-8,13H,9-12H2,1-4H3,(H,25,27)(H,23,24,28). The van der Waals surface area contributed by atoms with Crippen molar-refractivity contribution < 1.29 is 19.1 Å². The molecule has 0 saturated carbocycles. The van der Waals surface area contributed by atoms with E-state index in [1.807, 2.05) is 20.8 Å². The first-order chi connectivity index (χ1) is 14.6. The number of carbonyl (C=O) groups is 3. The van der Waals surface area contributed by atoms with Crippen LogP contribution < -0.4 is 10.6 Å². The van der Waals surface area contributed by atoms with Gasteiger partial charge in [-0.25, -0.2) is 4.98 Å². The van der Waals surface area contributed by atoms with Crippen LogP contribution in [0.5, 0.6) is 0 Å². The zero-order valence-electron chi connectivity index (χ0n) is 18.0. The Morgan fingerprint density at radius 1 is 1.16 bits per heavy atom. The van der Waals surface area contributed by atoms with Crippen LogP contribution in [0.2, 0.25) is 5.02 Å². The van der Waals surface area contributed by atoms with Crippen molar-refractivity contribution >= 4 is 45.8 Å². The summed E-state index contributed by atoms with van der Waals surface area (Å²) in [6, 6.07) is 6.46. The maximum atomic E-state index is 12.8. The lowest BCUT2D eigenvalue weighted by molar-refractivity contribution is -0.122. The number of hydrogen-bond donors (Lipinski definition) is 2. The molecule has 31 heavy (non-hydrogen) atoms. The van der Waals surface area contributed by atoms with E-state index in [0.717, 1.165) is 0 Å². The molecule has 0 radical (unpaired) electrons. The second kappa shape index (κ2) is 11.2. The minimum atomic E-state index is -0.390. The first-order valence-electron chi connectivity index (χ1n) is 9.66. The highest BCUT2D eigenvalue weighted by Crippen LogP contribution is 2.17. The number of amides is 3. The minimum absolute atomic E-state index is 0.124. The Morgan fingerprint density at radius 2 is 1.84 bits per heavy atom. The topological polar surface area (TPSA) is 101 Å². The van der Waals surface area contributed by atoms with Gasteiger partial charge in [-0.3, -0.25) is 14.4 Å². The average molecular weight is 467 g/mol. The van der Waals surface area contributed by atoms with Crippen molar-refractivity contribution in [3.8, 4) is 0 Å². The summed E-state index contributed by atoms with van der Waals surface area (Å²) in [5.74, 6) is -0.837. The minimum Gasteiger partial charge on any atom is -0.383 e. The fraction of sp³-hybridized carbons (Fsp3) is 0.429. The number of methoxy groups -OCH3 is 1. The number of thiazole rings is 1. The summed E-state index contributed by atoms with van der Waals surface area (Å²) >= 11 is 7.10. The smallest absolute Gasteiger partial charge is 0.254 e. The quantitative estimate of drug-likeness (QED) is 0.591. The first-order valence-corrected chi connectivity index (χ1v) is 10.9. The Bertz CT molecular complexity index is 909. The molecule has 0 aliphatic heterocycles. The first kappa shape index (κ1) is 24.8. The lowest BCUT2D eigenvalue weighted by atomic mass is 10.1. The lowest BCUT2D eigenvalue weighted by Gasteiger charge is -2.21. The predicted octanol–water partition coefficient (Wildman–Crippen LogP) is 2.98. The van der Waals surface area contributed by atoms with Crippen LogP contribution in [-0.4, -0.2) is 60.0 Å². The molecule has 0 aliphatic rings. The summed E-state index contributed by atoms with van der Waals surface area (Å²) in [6.45, 7) is 6.08. The molecule has 2 rings (SSSR count). The van der Waals surface area contributed by atoms with Crippen LogP contribution in [0.3, 0.4) is 0 Å². The highest BCUT2D eigenvalue weighted by Gasteiger charge is 2.20. The molecule has 0 fully saturated rings. The SMILES string of the molecule is COCCN(CC(=O)Nc1nc(CC(=O)NC(C)(C)C)cs1)C(=O)c1ccc(Cl)cc1. The molecule has 10 heteroatoms. The van der Waals surface area contributed by atoms with Crippen LogP contribution in [-0.2, 0) is 20.7 Å². The molecule has 0 unspecified atom stereocenters. The molecule has 1 aromatic carbocycles. The molecule has 3 amide bonds. The van der Waals surface area contributed by atoms with E-state index in [1.54, 1.807) is 29.6 Å². The molecule has 2 N–H and O–H groups in total. The van der Waals surface area contributed by atoms with Crippen molar-refractivity contribution in [1.82, 2.24) is 15.2 Å². The highest BCUT2D eigenvalue weighted by molar-refractivity contribution is 7.13. The van der Waals surface area contributed by atoms with Crippen LogP contribution >= 0.6 is 22.9 Å². The molecular formula is C21H27ClN4O4S. The Morgan fingerprint density at radius 3 is 2.45 bits per heavy atom. The molecule has 0 spiro atoms. The van der Waals surface area contributed by atoms with E-state index in [9.17, 15) is 14.4 Å². The molecule has 0 atom stereocenters. The predicted molar refractivity (Wildman–Crippen MR) is 122 cm³/mol. The van der Waals surface area contributed by atoms with Crippen LogP contribution in [0.1, 0.15) is 36.8 Å². The third kappa shape index (κ3) is 8.64. The van der Waals surface area contributed by atoms with Crippen molar-refractivity contribution in [3.05, 3.63) is 45.9 Å². The van der Waals surface area contributed by atoms with Gasteiger partial charge in [0.1, 0.15) is 6.54 Å². The van der Waals surface area contributed by atoms with Crippen molar-refractivity contribution in [1.29, 1.82) is 0 Å². The van der Waals surface area contributed by atoms with E-state index in [0.29, 0.717) is 21.4 Å². The summed E-state index contributed by atoms with van der Waals surface area (Å²) in [5, 5.41) is 8.17. The van der Waals surface area contributed by atoms with Crippen LogP contribution in [0.4, 0.5) is 5.13 Å². The third-order valence-corrected chi connectivity index (χ3v) is 4.99. The van der Waals surface area contributed by atoms with E-state index in [4.69, 9.17) is 16.3 Å². The molecule has 8 nitrogen and oxygen atoms in total. The van der Waals surface area contributed by atoms with Gasteiger partial charge in [-0.1, -0.05) is 11.6 Å². The highest BCUT2D eigenvalue weighted by atomic mass is 35.5. The normalized spacial score (nSPS) is 11.1. The van der Waals surface area contributed by atoms with Gasteiger partial charge in [0.05, 0.1) is 18.7 Å². The number of carbonyl (C=O) groups excluding carboxylic acids is 3. The monoisotopic (exact) mass is 466 g/mol. The van der Waals surface area contributed by atoms with Crippen LogP contribution in [0.25, 0.3) is 0 Å². The van der Waals surface area contributed by atoms with Gasteiger partial charge in [0.25, 0.3) is 5.91 Å². The molecule has 1 heterocycles. The van der Waals surface area contributed by atoms with Crippen molar-refractivity contribution in [2.75, 3.05) is 32.1 Å². The van der Waals surface area contributed by atoms with Gasteiger partial charge < -0.3 is 20.3 Å². The van der Waals surface area contributed by atoms with E-state index < -0.39 is 5.91 Å². The van der Waals surface area contributed by atoms with Gasteiger partial charge in [0, 0.05) is 35.2 Å². The van der Waals surface area contributed by atoms with E-state index >= 15 is 0 Å².